The first-order valence-electron chi connectivity index (χ1n) is 11.5. The molecule has 9 heteroatoms. The lowest BCUT2D eigenvalue weighted by atomic mass is 10.1. The Hall–Kier alpha value is -4.01. The van der Waals surface area contributed by atoms with E-state index in [2.05, 4.69) is 32.9 Å². The lowest BCUT2D eigenvalue weighted by molar-refractivity contribution is 0.102. The standard InChI is InChI=1S/C25H27N5O4/c1-2-3-4-5-6-7-14-33-19-11-8-17(9-12-19)25(32)26-18-10-13-22-20(15-18)21(31)16-23(34-22)24-27-29-30-28-24/h8-13,15-16H,2-7,14H2,1H3,(H,26,32)(H,27,28,29,30). The van der Waals surface area contributed by atoms with Crippen LogP contribution in [0.5, 0.6) is 5.75 Å². The first-order valence-corrected chi connectivity index (χ1v) is 11.5. The molecular weight excluding hydrogens is 434 g/mol. The van der Waals surface area contributed by atoms with E-state index in [1.165, 1.54) is 38.2 Å². The van der Waals surface area contributed by atoms with E-state index < -0.39 is 0 Å². The van der Waals surface area contributed by atoms with Gasteiger partial charge in [0.25, 0.3) is 5.91 Å². The highest BCUT2D eigenvalue weighted by Crippen LogP contribution is 2.22. The minimum absolute atomic E-state index is 0.234. The number of benzene rings is 2. The van der Waals surface area contributed by atoms with Crippen LogP contribution >= 0.6 is 0 Å². The van der Waals surface area contributed by atoms with Crippen molar-refractivity contribution in [3.8, 4) is 17.3 Å². The Morgan fingerprint density at radius 3 is 2.59 bits per heavy atom. The molecule has 34 heavy (non-hydrogen) atoms. The van der Waals surface area contributed by atoms with E-state index in [-0.39, 0.29) is 22.9 Å². The summed E-state index contributed by atoms with van der Waals surface area (Å²) in [7, 11) is 0. The average Bonchev–Trinajstić information content (AvgIpc) is 3.39. The number of nitrogens with zero attached hydrogens (tertiary/aromatic N) is 3. The number of anilines is 1. The van der Waals surface area contributed by atoms with Gasteiger partial charge in [-0.25, -0.2) is 5.10 Å². The van der Waals surface area contributed by atoms with Gasteiger partial charge in [-0.1, -0.05) is 39.0 Å². The van der Waals surface area contributed by atoms with Crippen LogP contribution in [0.25, 0.3) is 22.6 Å². The van der Waals surface area contributed by atoms with Gasteiger partial charge in [-0.05, 0) is 59.3 Å². The highest BCUT2D eigenvalue weighted by Gasteiger charge is 2.12. The third-order valence-electron chi connectivity index (χ3n) is 5.45. The largest absolute Gasteiger partial charge is 0.494 e. The van der Waals surface area contributed by atoms with Crippen LogP contribution in [0.1, 0.15) is 55.8 Å². The molecule has 4 rings (SSSR count). The quantitative estimate of drug-likeness (QED) is 0.302. The zero-order chi connectivity index (χ0) is 23.8. The van der Waals surface area contributed by atoms with Gasteiger partial charge in [0.05, 0.1) is 12.0 Å². The number of aromatic nitrogens is 4. The minimum atomic E-state index is -0.282. The number of carbonyl (C=O) groups is 1. The summed E-state index contributed by atoms with van der Waals surface area (Å²) in [6.45, 7) is 2.88. The summed E-state index contributed by atoms with van der Waals surface area (Å²) < 4.78 is 11.5. The topological polar surface area (TPSA) is 123 Å². The van der Waals surface area contributed by atoms with Crippen molar-refractivity contribution in [2.45, 2.75) is 45.4 Å². The number of aromatic amines is 1. The number of hydrogen-bond acceptors (Lipinski definition) is 7. The maximum Gasteiger partial charge on any atom is 0.255 e. The molecular formula is C25H27N5O4. The van der Waals surface area contributed by atoms with Crippen LogP contribution in [-0.4, -0.2) is 33.1 Å². The van der Waals surface area contributed by atoms with E-state index in [1.807, 2.05) is 0 Å². The third-order valence-corrected chi connectivity index (χ3v) is 5.45. The van der Waals surface area contributed by atoms with Gasteiger partial charge < -0.3 is 14.5 Å². The molecule has 4 aromatic rings. The van der Waals surface area contributed by atoms with Crippen LogP contribution in [0.15, 0.2) is 57.7 Å². The molecule has 0 unspecified atom stereocenters. The molecule has 0 aliphatic heterocycles. The fourth-order valence-corrected chi connectivity index (χ4v) is 3.59. The van der Waals surface area contributed by atoms with Crippen molar-refractivity contribution in [3.63, 3.8) is 0 Å². The van der Waals surface area contributed by atoms with Crippen molar-refractivity contribution < 1.29 is 13.9 Å². The molecule has 0 bridgehead atoms. The molecule has 0 aliphatic rings. The number of nitrogens with one attached hydrogen (secondary N) is 2. The van der Waals surface area contributed by atoms with E-state index >= 15 is 0 Å². The predicted molar refractivity (Wildman–Crippen MR) is 129 cm³/mol. The van der Waals surface area contributed by atoms with E-state index in [0.717, 1.165) is 12.2 Å². The van der Waals surface area contributed by atoms with Crippen molar-refractivity contribution in [1.29, 1.82) is 0 Å². The molecule has 2 aromatic heterocycles. The molecule has 2 aromatic carbocycles. The average molecular weight is 462 g/mol. The van der Waals surface area contributed by atoms with Crippen LogP contribution in [0.4, 0.5) is 5.69 Å². The summed E-state index contributed by atoms with van der Waals surface area (Å²) in [5.74, 6) is 0.954. The van der Waals surface area contributed by atoms with Crippen molar-refractivity contribution in [1.82, 2.24) is 20.6 Å². The smallest absolute Gasteiger partial charge is 0.255 e. The molecule has 176 valence electrons. The summed E-state index contributed by atoms with van der Waals surface area (Å²) in [6, 6.07) is 13.2. The summed E-state index contributed by atoms with van der Waals surface area (Å²) in [5, 5.41) is 16.4. The Morgan fingerprint density at radius 2 is 1.82 bits per heavy atom. The van der Waals surface area contributed by atoms with Crippen molar-refractivity contribution >= 4 is 22.6 Å². The predicted octanol–water partition coefficient (Wildman–Crippen LogP) is 4.96. The number of rotatable bonds is 11. The van der Waals surface area contributed by atoms with Gasteiger partial charge in [0.1, 0.15) is 11.3 Å². The molecule has 2 heterocycles. The first kappa shape index (κ1) is 23.2. The zero-order valence-electron chi connectivity index (χ0n) is 19.0. The second-order valence-electron chi connectivity index (χ2n) is 8.03. The maximum atomic E-state index is 12.7. The summed E-state index contributed by atoms with van der Waals surface area (Å²) in [6.07, 6.45) is 7.26. The number of amides is 1. The van der Waals surface area contributed by atoms with Gasteiger partial charge in [-0.3, -0.25) is 9.59 Å². The molecule has 0 fully saturated rings. The van der Waals surface area contributed by atoms with Crippen LogP contribution in [-0.2, 0) is 0 Å². The van der Waals surface area contributed by atoms with Gasteiger partial charge >= 0.3 is 0 Å². The van der Waals surface area contributed by atoms with Gasteiger partial charge in [0.2, 0.25) is 5.82 Å². The fourth-order valence-electron chi connectivity index (χ4n) is 3.59. The highest BCUT2D eigenvalue weighted by atomic mass is 16.5. The van der Waals surface area contributed by atoms with Crippen LogP contribution < -0.4 is 15.5 Å². The molecule has 0 radical (unpaired) electrons. The van der Waals surface area contributed by atoms with Gasteiger partial charge in [-0.2, -0.15) is 0 Å². The van der Waals surface area contributed by atoms with E-state index in [0.29, 0.717) is 28.8 Å². The molecule has 0 aliphatic carbocycles. The first-order chi connectivity index (χ1) is 16.6. The number of ether oxygens (including phenoxy) is 1. The number of carbonyl (C=O) groups excluding carboxylic acids is 1. The van der Waals surface area contributed by atoms with Crippen LogP contribution in [0.2, 0.25) is 0 Å². The fraction of sp³-hybridized carbons (Fsp3) is 0.320. The summed E-state index contributed by atoms with van der Waals surface area (Å²) >= 11 is 0. The van der Waals surface area contributed by atoms with E-state index in [1.54, 1.807) is 42.5 Å². The maximum absolute atomic E-state index is 12.7. The number of fused-ring (bicyclic) bond motifs is 1. The van der Waals surface area contributed by atoms with E-state index in [4.69, 9.17) is 9.15 Å². The lowest BCUT2D eigenvalue weighted by Crippen LogP contribution is -2.12. The van der Waals surface area contributed by atoms with Gasteiger partial charge in [0.15, 0.2) is 11.2 Å². The Bertz CT molecular complexity index is 1280. The van der Waals surface area contributed by atoms with Crippen molar-refractivity contribution in [3.05, 3.63) is 64.3 Å². The van der Waals surface area contributed by atoms with Crippen molar-refractivity contribution in [2.24, 2.45) is 0 Å². The Morgan fingerprint density at radius 1 is 1.03 bits per heavy atom. The number of unbranched alkanes of at least 4 members (excludes halogenated alkanes) is 5. The third kappa shape index (κ3) is 5.86. The second kappa shape index (κ2) is 11.2. The van der Waals surface area contributed by atoms with Crippen LogP contribution in [0.3, 0.4) is 0 Å². The van der Waals surface area contributed by atoms with Gasteiger partial charge in [0, 0.05) is 17.3 Å². The zero-order valence-corrected chi connectivity index (χ0v) is 19.0. The number of hydrogen-bond donors (Lipinski definition) is 2. The molecule has 0 saturated heterocycles. The molecule has 0 atom stereocenters. The summed E-state index contributed by atoms with van der Waals surface area (Å²) in [4.78, 5) is 25.2. The Kier molecular flexibility index (Phi) is 7.64. The van der Waals surface area contributed by atoms with Gasteiger partial charge in [-0.15, -0.1) is 5.10 Å². The van der Waals surface area contributed by atoms with E-state index in [9.17, 15) is 9.59 Å². The highest BCUT2D eigenvalue weighted by molar-refractivity contribution is 6.05. The second-order valence-corrected chi connectivity index (χ2v) is 8.03. The monoisotopic (exact) mass is 461 g/mol. The number of H-pyrrole nitrogens is 1. The molecule has 0 saturated carbocycles. The minimum Gasteiger partial charge on any atom is -0.494 e. The molecule has 9 nitrogen and oxygen atoms in total. The van der Waals surface area contributed by atoms with Crippen molar-refractivity contribution in [2.75, 3.05) is 11.9 Å². The normalized spacial score (nSPS) is 11.0. The Labute approximate surface area is 196 Å². The lowest BCUT2D eigenvalue weighted by Gasteiger charge is -2.09. The molecule has 2 N–H and O–H groups in total. The van der Waals surface area contributed by atoms with Crippen LogP contribution in [0, 0.1) is 0 Å². The SMILES string of the molecule is CCCCCCCCOc1ccc(C(=O)Nc2ccc3oc(-c4nnn[nH]4)cc(=O)c3c2)cc1. The summed E-state index contributed by atoms with van der Waals surface area (Å²) in [5.41, 5.74) is 1.08. The molecule has 0 spiro atoms. The number of tetrazole rings is 1. The Balaban J connectivity index is 1.35. The molecule has 1 amide bonds.